The molecule has 1 aliphatic rings. The molecule has 3 unspecified atom stereocenters. The van der Waals surface area contributed by atoms with Gasteiger partial charge in [-0.3, -0.25) is 10.1 Å². The summed E-state index contributed by atoms with van der Waals surface area (Å²) in [5, 5.41) is 3.52. The minimum Gasteiger partial charge on any atom is -0.324 e. The van der Waals surface area contributed by atoms with Gasteiger partial charge >= 0.3 is 0 Å². The number of likely N-dealkylation sites (N-methyl/N-ethyl adjacent to an activating group) is 1. The molecular formula is C14H29N3O. The summed E-state index contributed by atoms with van der Waals surface area (Å²) in [7, 11) is 4.09. The molecule has 0 radical (unpaired) electrons. The SMILES string of the molecule is CCC(C)C1NC(C(C)C)N(CCN(C)C)C1=O. The van der Waals surface area contributed by atoms with Crippen LogP contribution in [0.4, 0.5) is 0 Å². The number of hydrogen-bond donors (Lipinski definition) is 1. The standard InChI is InChI=1S/C14H29N3O/c1-7-11(4)12-14(18)17(9-8-16(5)6)13(15-12)10(2)3/h10-13,15H,7-9H2,1-6H3. The van der Waals surface area contributed by atoms with E-state index in [1.54, 1.807) is 0 Å². The molecule has 0 aliphatic carbocycles. The van der Waals surface area contributed by atoms with Crippen LogP contribution in [0.15, 0.2) is 0 Å². The van der Waals surface area contributed by atoms with Crippen LogP contribution in [0, 0.1) is 11.8 Å². The van der Waals surface area contributed by atoms with Crippen molar-refractivity contribution in [2.45, 2.75) is 46.3 Å². The molecule has 3 atom stereocenters. The van der Waals surface area contributed by atoms with Crippen LogP contribution in [-0.4, -0.2) is 55.1 Å². The summed E-state index contributed by atoms with van der Waals surface area (Å²) in [6.07, 6.45) is 1.23. The van der Waals surface area contributed by atoms with Gasteiger partial charge in [0.25, 0.3) is 0 Å². The fourth-order valence-electron chi connectivity index (χ4n) is 2.41. The molecule has 1 saturated heterocycles. The summed E-state index contributed by atoms with van der Waals surface area (Å²) in [5.41, 5.74) is 0. The first-order chi connectivity index (χ1) is 8.38. The molecule has 0 aromatic rings. The third-order valence-electron chi connectivity index (χ3n) is 3.87. The average molecular weight is 255 g/mol. The Morgan fingerprint density at radius 2 is 1.94 bits per heavy atom. The van der Waals surface area contributed by atoms with Crippen LogP contribution >= 0.6 is 0 Å². The first-order valence-corrected chi connectivity index (χ1v) is 7.09. The molecule has 4 nitrogen and oxygen atoms in total. The molecule has 18 heavy (non-hydrogen) atoms. The molecule has 0 aromatic heterocycles. The van der Waals surface area contributed by atoms with Gasteiger partial charge in [-0.05, 0) is 25.9 Å². The molecule has 1 rings (SSSR count). The van der Waals surface area contributed by atoms with Crippen LogP contribution in [0.25, 0.3) is 0 Å². The van der Waals surface area contributed by atoms with Crippen molar-refractivity contribution in [3.63, 3.8) is 0 Å². The normalized spacial score (nSPS) is 26.4. The first kappa shape index (κ1) is 15.4. The number of nitrogens with zero attached hydrogens (tertiary/aromatic N) is 2. The molecule has 1 heterocycles. The van der Waals surface area contributed by atoms with Crippen LogP contribution in [0.1, 0.15) is 34.1 Å². The van der Waals surface area contributed by atoms with E-state index in [2.05, 4.69) is 37.9 Å². The van der Waals surface area contributed by atoms with Gasteiger partial charge in [0.1, 0.15) is 0 Å². The summed E-state index contributed by atoms with van der Waals surface area (Å²) < 4.78 is 0. The maximum atomic E-state index is 12.5. The topological polar surface area (TPSA) is 35.6 Å². The highest BCUT2D eigenvalue weighted by Gasteiger charge is 2.41. The quantitative estimate of drug-likeness (QED) is 0.779. The lowest BCUT2D eigenvalue weighted by Crippen LogP contribution is -2.44. The van der Waals surface area contributed by atoms with E-state index < -0.39 is 0 Å². The third kappa shape index (κ3) is 3.45. The maximum absolute atomic E-state index is 12.5. The van der Waals surface area contributed by atoms with E-state index in [0.29, 0.717) is 11.8 Å². The minimum atomic E-state index is 0.00422. The van der Waals surface area contributed by atoms with Crippen molar-refractivity contribution in [1.29, 1.82) is 0 Å². The summed E-state index contributed by atoms with van der Waals surface area (Å²) >= 11 is 0. The van der Waals surface area contributed by atoms with E-state index >= 15 is 0 Å². The number of carbonyl (C=O) groups excluding carboxylic acids is 1. The van der Waals surface area contributed by atoms with Crippen molar-refractivity contribution in [2.24, 2.45) is 11.8 Å². The van der Waals surface area contributed by atoms with Crippen LogP contribution in [0.2, 0.25) is 0 Å². The van der Waals surface area contributed by atoms with Gasteiger partial charge in [-0.2, -0.15) is 0 Å². The second-order valence-electron chi connectivity index (χ2n) is 6.05. The molecule has 1 fully saturated rings. The molecule has 0 aromatic carbocycles. The van der Waals surface area contributed by atoms with E-state index in [4.69, 9.17) is 0 Å². The Balaban J connectivity index is 2.74. The molecule has 1 amide bonds. The van der Waals surface area contributed by atoms with E-state index in [-0.39, 0.29) is 18.1 Å². The molecular weight excluding hydrogens is 226 g/mol. The van der Waals surface area contributed by atoms with Gasteiger partial charge in [0.2, 0.25) is 5.91 Å². The van der Waals surface area contributed by atoms with Gasteiger partial charge in [-0.1, -0.05) is 34.1 Å². The molecule has 0 spiro atoms. The lowest BCUT2D eigenvalue weighted by atomic mass is 9.99. The van der Waals surface area contributed by atoms with E-state index in [0.717, 1.165) is 19.5 Å². The zero-order chi connectivity index (χ0) is 13.9. The van der Waals surface area contributed by atoms with Gasteiger partial charge in [0.05, 0.1) is 12.2 Å². The number of nitrogens with one attached hydrogen (secondary N) is 1. The van der Waals surface area contributed by atoms with Crippen molar-refractivity contribution < 1.29 is 4.79 Å². The Hall–Kier alpha value is -0.610. The highest BCUT2D eigenvalue weighted by atomic mass is 16.2. The maximum Gasteiger partial charge on any atom is 0.241 e. The summed E-state index contributed by atoms with van der Waals surface area (Å²) in [6, 6.07) is 0.00422. The Kier molecular flexibility index (Phi) is 5.60. The number of carbonyl (C=O) groups is 1. The highest BCUT2D eigenvalue weighted by Crippen LogP contribution is 2.22. The van der Waals surface area contributed by atoms with Gasteiger partial charge in [0.15, 0.2) is 0 Å². The van der Waals surface area contributed by atoms with E-state index in [1.165, 1.54) is 0 Å². The summed E-state index contributed by atoms with van der Waals surface area (Å²) in [4.78, 5) is 16.6. The van der Waals surface area contributed by atoms with Crippen molar-refractivity contribution in [3.8, 4) is 0 Å². The van der Waals surface area contributed by atoms with Gasteiger partial charge < -0.3 is 9.80 Å². The van der Waals surface area contributed by atoms with Gasteiger partial charge in [0, 0.05) is 13.1 Å². The van der Waals surface area contributed by atoms with Crippen LogP contribution in [0.5, 0.6) is 0 Å². The number of amides is 1. The Labute approximate surface area is 112 Å². The molecule has 0 bridgehead atoms. The Bertz CT molecular complexity index is 278. The van der Waals surface area contributed by atoms with Crippen molar-refractivity contribution in [2.75, 3.05) is 27.2 Å². The molecule has 106 valence electrons. The third-order valence-corrected chi connectivity index (χ3v) is 3.87. The first-order valence-electron chi connectivity index (χ1n) is 7.09. The largest absolute Gasteiger partial charge is 0.324 e. The van der Waals surface area contributed by atoms with E-state index in [9.17, 15) is 4.79 Å². The van der Waals surface area contributed by atoms with Crippen molar-refractivity contribution in [1.82, 2.24) is 15.1 Å². The minimum absolute atomic E-state index is 0.00422. The molecule has 1 N–H and O–H groups in total. The van der Waals surface area contributed by atoms with Crippen molar-refractivity contribution >= 4 is 5.91 Å². The zero-order valence-corrected chi connectivity index (χ0v) is 12.7. The predicted octanol–water partition coefficient (Wildman–Crippen LogP) is 1.38. The lowest BCUT2D eigenvalue weighted by Gasteiger charge is -2.28. The summed E-state index contributed by atoms with van der Waals surface area (Å²) in [6.45, 7) is 10.4. The Morgan fingerprint density at radius 1 is 1.33 bits per heavy atom. The monoisotopic (exact) mass is 255 g/mol. The molecule has 4 heteroatoms. The highest BCUT2D eigenvalue weighted by molar-refractivity contribution is 5.84. The number of hydrogen-bond acceptors (Lipinski definition) is 3. The van der Waals surface area contributed by atoms with Crippen LogP contribution < -0.4 is 5.32 Å². The molecule has 0 saturated carbocycles. The van der Waals surface area contributed by atoms with Gasteiger partial charge in [-0.25, -0.2) is 0 Å². The fourth-order valence-corrected chi connectivity index (χ4v) is 2.41. The fraction of sp³-hybridized carbons (Fsp3) is 0.929. The second kappa shape index (κ2) is 6.53. The van der Waals surface area contributed by atoms with Crippen LogP contribution in [-0.2, 0) is 4.79 Å². The van der Waals surface area contributed by atoms with E-state index in [1.807, 2.05) is 19.0 Å². The second-order valence-corrected chi connectivity index (χ2v) is 6.05. The summed E-state index contributed by atoms with van der Waals surface area (Å²) in [5.74, 6) is 1.14. The number of rotatable bonds is 6. The van der Waals surface area contributed by atoms with Gasteiger partial charge in [-0.15, -0.1) is 0 Å². The van der Waals surface area contributed by atoms with Crippen molar-refractivity contribution in [3.05, 3.63) is 0 Å². The molecule has 1 aliphatic heterocycles. The zero-order valence-electron chi connectivity index (χ0n) is 12.7. The average Bonchev–Trinajstić information content (AvgIpc) is 2.63. The Morgan fingerprint density at radius 3 is 2.39 bits per heavy atom. The predicted molar refractivity (Wildman–Crippen MR) is 75.3 cm³/mol. The van der Waals surface area contributed by atoms with Crippen LogP contribution in [0.3, 0.4) is 0 Å². The lowest BCUT2D eigenvalue weighted by molar-refractivity contribution is -0.131. The smallest absolute Gasteiger partial charge is 0.241 e.